The number of rotatable bonds is 3. The molecule has 1 aliphatic rings. The lowest BCUT2D eigenvalue weighted by Crippen LogP contribution is -2.24. The number of β-amino-alcohol motifs (C(OH)–C–C–N with tert-alkyl or cyclic N) is 1. The lowest BCUT2D eigenvalue weighted by molar-refractivity contribution is -0.137. The van der Waals surface area contributed by atoms with Crippen molar-refractivity contribution in [1.29, 1.82) is 0 Å². The van der Waals surface area contributed by atoms with E-state index in [2.05, 4.69) is 10.2 Å². The number of alkyl halides is 3. The molecule has 0 spiro atoms. The Labute approximate surface area is 125 Å². The van der Waals surface area contributed by atoms with Crippen LogP contribution in [0.4, 0.5) is 13.2 Å². The van der Waals surface area contributed by atoms with Gasteiger partial charge in [-0.2, -0.15) is 18.3 Å². The van der Waals surface area contributed by atoms with Gasteiger partial charge in [-0.05, 0) is 30.2 Å². The predicted molar refractivity (Wildman–Crippen MR) is 73.8 cm³/mol. The first-order valence-electron chi connectivity index (χ1n) is 7.01. The number of aromatic amines is 1. The van der Waals surface area contributed by atoms with Gasteiger partial charge < -0.3 is 5.11 Å². The van der Waals surface area contributed by atoms with E-state index in [1.807, 2.05) is 11.0 Å². The topological polar surface area (TPSA) is 52.1 Å². The highest BCUT2D eigenvalue weighted by atomic mass is 19.4. The van der Waals surface area contributed by atoms with Crippen LogP contribution in [-0.2, 0) is 12.7 Å². The highest BCUT2D eigenvalue weighted by molar-refractivity contribution is 5.29. The van der Waals surface area contributed by atoms with E-state index in [0.29, 0.717) is 25.1 Å². The zero-order valence-corrected chi connectivity index (χ0v) is 11.7. The summed E-state index contributed by atoms with van der Waals surface area (Å²) >= 11 is 0. The Morgan fingerprint density at radius 2 is 2.14 bits per heavy atom. The first kappa shape index (κ1) is 15.1. The summed E-state index contributed by atoms with van der Waals surface area (Å²) in [6, 6.07) is 6.90. The van der Waals surface area contributed by atoms with E-state index in [1.165, 1.54) is 12.1 Å². The lowest BCUT2D eigenvalue weighted by atomic mass is 10.0. The summed E-state index contributed by atoms with van der Waals surface area (Å²) in [5, 5.41) is 16.6. The van der Waals surface area contributed by atoms with Crippen LogP contribution in [0.1, 0.15) is 29.3 Å². The fourth-order valence-corrected chi connectivity index (χ4v) is 2.91. The number of aliphatic hydroxyl groups is 1. The molecule has 22 heavy (non-hydrogen) atoms. The molecule has 1 aromatic heterocycles. The normalized spacial score (nSPS) is 23.1. The summed E-state index contributed by atoms with van der Waals surface area (Å²) in [6.45, 7) is 0.942. The van der Waals surface area contributed by atoms with Crippen LogP contribution < -0.4 is 0 Å². The smallest absolute Gasteiger partial charge is 0.392 e. The Balaban J connectivity index is 1.85. The third-order valence-corrected chi connectivity index (χ3v) is 3.91. The summed E-state index contributed by atoms with van der Waals surface area (Å²) in [4.78, 5) is 1.97. The number of aromatic nitrogens is 2. The average molecular weight is 311 g/mol. The third-order valence-electron chi connectivity index (χ3n) is 3.91. The molecule has 2 aromatic rings. The van der Waals surface area contributed by atoms with Crippen molar-refractivity contribution in [2.24, 2.45) is 0 Å². The van der Waals surface area contributed by atoms with E-state index in [-0.39, 0.29) is 6.04 Å². The molecule has 118 valence electrons. The van der Waals surface area contributed by atoms with Crippen molar-refractivity contribution in [1.82, 2.24) is 15.1 Å². The maximum absolute atomic E-state index is 12.9. The summed E-state index contributed by atoms with van der Waals surface area (Å²) in [5.74, 6) is 0. The summed E-state index contributed by atoms with van der Waals surface area (Å²) in [5.41, 5.74) is 0.782. The van der Waals surface area contributed by atoms with E-state index in [1.54, 1.807) is 12.3 Å². The Kier molecular flexibility index (Phi) is 3.92. The van der Waals surface area contributed by atoms with Crippen LogP contribution in [-0.4, -0.2) is 32.9 Å². The van der Waals surface area contributed by atoms with Gasteiger partial charge in [-0.1, -0.05) is 12.1 Å². The van der Waals surface area contributed by atoms with Gasteiger partial charge in [0.15, 0.2) is 0 Å². The fourth-order valence-electron chi connectivity index (χ4n) is 2.91. The van der Waals surface area contributed by atoms with Crippen LogP contribution in [0.3, 0.4) is 0 Å². The standard InChI is InChI=1S/C15H16F3N3O/c16-15(17,18)11-3-1-2-10(6-11)14-7-13(22)9-21(14)8-12-4-5-19-20-12/h1-6,13-14,22H,7-9H2,(H,19,20)/t13-,14+/m1/s1. The van der Waals surface area contributed by atoms with Gasteiger partial charge >= 0.3 is 6.18 Å². The molecule has 0 aliphatic carbocycles. The minimum atomic E-state index is -4.36. The molecule has 0 unspecified atom stereocenters. The fraction of sp³-hybridized carbons (Fsp3) is 0.400. The average Bonchev–Trinajstić information content (AvgIpc) is 3.08. The highest BCUT2D eigenvalue weighted by Gasteiger charge is 2.35. The molecule has 2 heterocycles. The predicted octanol–water partition coefficient (Wildman–Crippen LogP) is 2.74. The zero-order valence-electron chi connectivity index (χ0n) is 11.7. The SMILES string of the molecule is O[C@@H]1C[C@@H](c2cccc(C(F)(F)F)c2)N(Cc2ccn[nH]2)C1. The monoisotopic (exact) mass is 311 g/mol. The molecule has 1 saturated heterocycles. The Morgan fingerprint density at radius 3 is 2.82 bits per heavy atom. The molecular formula is C15H16F3N3O. The minimum Gasteiger partial charge on any atom is -0.392 e. The molecule has 0 saturated carbocycles. The summed E-state index contributed by atoms with van der Waals surface area (Å²) in [6.07, 6.45) is -2.85. The van der Waals surface area contributed by atoms with Crippen molar-refractivity contribution in [2.45, 2.75) is 31.3 Å². The second kappa shape index (κ2) is 5.73. The van der Waals surface area contributed by atoms with Gasteiger partial charge in [0.2, 0.25) is 0 Å². The summed E-state index contributed by atoms with van der Waals surface area (Å²) in [7, 11) is 0. The number of aliphatic hydroxyl groups excluding tert-OH is 1. The van der Waals surface area contributed by atoms with Gasteiger partial charge in [-0.3, -0.25) is 10.00 Å². The highest BCUT2D eigenvalue weighted by Crippen LogP contribution is 2.36. The van der Waals surface area contributed by atoms with E-state index in [0.717, 1.165) is 11.8 Å². The van der Waals surface area contributed by atoms with Crippen molar-refractivity contribution >= 4 is 0 Å². The molecule has 2 N–H and O–H groups in total. The van der Waals surface area contributed by atoms with Crippen molar-refractivity contribution in [3.63, 3.8) is 0 Å². The number of nitrogens with one attached hydrogen (secondary N) is 1. The maximum atomic E-state index is 12.9. The van der Waals surface area contributed by atoms with E-state index >= 15 is 0 Å². The first-order valence-corrected chi connectivity index (χ1v) is 7.01. The quantitative estimate of drug-likeness (QED) is 0.916. The number of halogens is 3. The molecule has 7 heteroatoms. The van der Waals surface area contributed by atoms with Crippen molar-refractivity contribution in [3.8, 4) is 0 Å². The number of hydrogen-bond donors (Lipinski definition) is 2. The van der Waals surface area contributed by atoms with Gasteiger partial charge in [0.1, 0.15) is 0 Å². The molecular weight excluding hydrogens is 295 g/mol. The van der Waals surface area contributed by atoms with Crippen LogP contribution in [0.2, 0.25) is 0 Å². The third kappa shape index (κ3) is 3.15. The molecule has 1 aliphatic heterocycles. The first-order chi connectivity index (χ1) is 10.4. The van der Waals surface area contributed by atoms with Gasteiger partial charge in [0.25, 0.3) is 0 Å². The van der Waals surface area contributed by atoms with Crippen LogP contribution in [0.5, 0.6) is 0 Å². The Bertz CT molecular complexity index is 627. The van der Waals surface area contributed by atoms with Crippen molar-refractivity contribution in [2.75, 3.05) is 6.54 Å². The van der Waals surface area contributed by atoms with E-state index in [9.17, 15) is 18.3 Å². The minimum absolute atomic E-state index is 0.236. The number of hydrogen-bond acceptors (Lipinski definition) is 3. The van der Waals surface area contributed by atoms with Crippen LogP contribution in [0, 0.1) is 0 Å². The number of likely N-dealkylation sites (tertiary alicyclic amines) is 1. The maximum Gasteiger partial charge on any atom is 0.416 e. The van der Waals surface area contributed by atoms with Crippen molar-refractivity contribution < 1.29 is 18.3 Å². The molecule has 0 amide bonds. The Hall–Kier alpha value is -1.86. The van der Waals surface area contributed by atoms with Crippen LogP contribution >= 0.6 is 0 Å². The van der Waals surface area contributed by atoms with E-state index < -0.39 is 17.8 Å². The van der Waals surface area contributed by atoms with Gasteiger partial charge in [-0.15, -0.1) is 0 Å². The molecule has 1 fully saturated rings. The summed E-state index contributed by atoms with van der Waals surface area (Å²) < 4.78 is 38.6. The second-order valence-electron chi connectivity index (χ2n) is 5.54. The molecule has 0 radical (unpaired) electrons. The number of nitrogens with zero attached hydrogens (tertiary/aromatic N) is 2. The molecule has 0 bridgehead atoms. The largest absolute Gasteiger partial charge is 0.416 e. The second-order valence-corrected chi connectivity index (χ2v) is 5.54. The molecule has 4 nitrogen and oxygen atoms in total. The van der Waals surface area contributed by atoms with Gasteiger partial charge in [0, 0.05) is 31.0 Å². The molecule has 3 rings (SSSR count). The van der Waals surface area contributed by atoms with Crippen molar-refractivity contribution in [3.05, 3.63) is 53.3 Å². The molecule has 2 atom stereocenters. The Morgan fingerprint density at radius 1 is 1.32 bits per heavy atom. The van der Waals surface area contributed by atoms with Crippen LogP contribution in [0.25, 0.3) is 0 Å². The molecule has 1 aromatic carbocycles. The van der Waals surface area contributed by atoms with Gasteiger partial charge in [-0.25, -0.2) is 0 Å². The zero-order chi connectivity index (χ0) is 15.7. The number of benzene rings is 1. The number of H-pyrrole nitrogens is 1. The van der Waals surface area contributed by atoms with Gasteiger partial charge in [0.05, 0.1) is 11.7 Å². The van der Waals surface area contributed by atoms with E-state index in [4.69, 9.17) is 0 Å². The lowest BCUT2D eigenvalue weighted by Gasteiger charge is -2.24. The van der Waals surface area contributed by atoms with Crippen LogP contribution in [0.15, 0.2) is 36.5 Å².